The Bertz CT molecular complexity index is 4.00. The van der Waals surface area contributed by atoms with Crippen LogP contribution in [0.2, 0.25) is 0 Å². The first kappa shape index (κ1) is 53.3. The molecule has 4 heavy (non-hydrogen) atoms. The van der Waals surface area contributed by atoms with E-state index in [2.05, 4.69) is 0 Å². The number of hydrogen-bond acceptors (Lipinski definition) is 0. The maximum atomic E-state index is 0. The Morgan fingerprint density at radius 2 is 0.750 bits per heavy atom. The zero-order valence-electron chi connectivity index (χ0n) is 1.51. The molecule has 0 aromatic rings. The molecule has 0 saturated heterocycles. The summed E-state index contributed by atoms with van der Waals surface area (Å²) in [7, 11) is 0. The van der Waals surface area contributed by atoms with Gasteiger partial charge in [-0.3, -0.25) is 0 Å². The minimum atomic E-state index is 0. The molecule has 0 atom stereocenters. The Kier molecular flexibility index (Phi) is 346. The average Bonchev–Trinajstić information content (AvgIpc) is 0. The van der Waals surface area contributed by atoms with E-state index in [0.717, 1.165) is 0 Å². The molecule has 0 heterocycles. The monoisotopic (exact) mass is 248 g/mol. The second-order valence-corrected chi connectivity index (χ2v) is 0. The van der Waals surface area contributed by atoms with Crippen molar-refractivity contribution in [1.29, 1.82) is 0 Å². The van der Waals surface area contributed by atoms with Gasteiger partial charge in [-0.05, 0) is 0 Å². The van der Waals surface area contributed by atoms with Gasteiger partial charge in [-0.25, -0.2) is 0 Å². The van der Waals surface area contributed by atoms with Crippen LogP contribution in [0.1, 0.15) is 0 Å². The summed E-state index contributed by atoms with van der Waals surface area (Å²) in [4.78, 5) is 0. The fourth-order valence-corrected chi connectivity index (χ4v) is 0. The van der Waals surface area contributed by atoms with Crippen LogP contribution in [-0.4, -0.2) is 5.48 Å². The first-order valence-corrected chi connectivity index (χ1v) is 0. The summed E-state index contributed by atoms with van der Waals surface area (Å²) < 4.78 is 0. The predicted octanol–water partition coefficient (Wildman–Crippen LogP) is -0.949. The van der Waals surface area contributed by atoms with Crippen LogP contribution < -0.4 is 0 Å². The van der Waals surface area contributed by atoms with Crippen LogP contribution in [0, 0.1) is 0 Å². The van der Waals surface area contributed by atoms with Gasteiger partial charge in [0.25, 0.3) is 0 Å². The van der Waals surface area contributed by atoms with Crippen LogP contribution in [0.3, 0.4) is 0 Å². The van der Waals surface area contributed by atoms with Crippen LogP contribution in [0.4, 0.5) is 0 Å². The van der Waals surface area contributed by atoms with E-state index in [1.54, 1.807) is 0 Å². The van der Waals surface area contributed by atoms with Crippen molar-refractivity contribution in [2.45, 2.75) is 0 Å². The van der Waals surface area contributed by atoms with E-state index in [0.29, 0.717) is 0 Å². The second-order valence-electron chi connectivity index (χ2n) is 0. The van der Waals surface area contributed by atoms with Gasteiger partial charge >= 0.3 is 44.8 Å². The van der Waals surface area contributed by atoms with Crippen molar-refractivity contribution in [3.8, 4) is 0 Å². The maximum absolute atomic E-state index is 0. The molecule has 0 saturated carbocycles. The summed E-state index contributed by atoms with van der Waals surface area (Å²) in [6, 6.07) is 0. The summed E-state index contributed by atoms with van der Waals surface area (Å²) in [5.74, 6) is 0. The number of rotatable bonds is 0. The molecule has 0 amide bonds. The molecular formula is H2Ag2O2. The van der Waals surface area contributed by atoms with Crippen molar-refractivity contribution in [2.24, 2.45) is 0 Å². The fraction of sp³-hybridized carbons (Fsp3) is 0. The summed E-state index contributed by atoms with van der Waals surface area (Å²) in [5.41, 5.74) is 0. The molecule has 0 fully saturated rings. The van der Waals surface area contributed by atoms with E-state index in [1.807, 2.05) is 0 Å². The standard InChI is InChI=1S/2Ag.H2O.O/h;;1H2;/q2*+1;;-2. The van der Waals surface area contributed by atoms with Crippen molar-refractivity contribution in [1.82, 2.24) is 0 Å². The van der Waals surface area contributed by atoms with Crippen molar-refractivity contribution in [3.63, 3.8) is 0 Å². The Hall–Kier alpha value is 1.40. The molecular weight excluding hydrogens is 248 g/mol. The van der Waals surface area contributed by atoms with Gasteiger partial charge in [-0.15, -0.1) is 0 Å². The van der Waals surface area contributed by atoms with Crippen molar-refractivity contribution in [3.05, 3.63) is 0 Å². The second kappa shape index (κ2) is 25.9. The molecule has 0 spiro atoms. The van der Waals surface area contributed by atoms with E-state index in [-0.39, 0.29) is 55.7 Å². The summed E-state index contributed by atoms with van der Waals surface area (Å²) >= 11 is 0. The zero-order valence-corrected chi connectivity index (χ0v) is 4.48. The molecule has 0 aromatic heterocycles. The molecule has 0 aliphatic carbocycles. The average molecular weight is 250 g/mol. The van der Waals surface area contributed by atoms with Gasteiger partial charge in [0, 0.05) is 0 Å². The molecule has 2 nitrogen and oxygen atoms in total. The molecule has 0 aliphatic heterocycles. The summed E-state index contributed by atoms with van der Waals surface area (Å²) in [5, 5.41) is 0. The molecule has 0 bridgehead atoms. The minimum absolute atomic E-state index is 0. The molecule has 36 valence electrons. The third-order valence-electron chi connectivity index (χ3n) is 0. The third-order valence-corrected chi connectivity index (χ3v) is 0. The summed E-state index contributed by atoms with van der Waals surface area (Å²) in [6.45, 7) is 0. The predicted molar refractivity (Wildman–Crippen MR) is 4.30 cm³/mol. The maximum Gasteiger partial charge on any atom is 1.00 e. The Morgan fingerprint density at radius 3 is 0.750 bits per heavy atom. The smallest absolute Gasteiger partial charge is 1.00 e. The van der Waals surface area contributed by atoms with Gasteiger partial charge in [0.2, 0.25) is 0 Å². The molecule has 2 N–H and O–H groups in total. The topological polar surface area (TPSA) is 60.0 Å². The molecule has 0 aliphatic rings. The fourth-order valence-electron chi connectivity index (χ4n) is 0. The van der Waals surface area contributed by atoms with Gasteiger partial charge in [0.15, 0.2) is 0 Å². The molecule has 0 rings (SSSR count). The molecule has 0 unspecified atom stereocenters. The quantitative estimate of drug-likeness (QED) is 0.497. The van der Waals surface area contributed by atoms with E-state index in [4.69, 9.17) is 0 Å². The normalized spacial score (nSPS) is 0. The van der Waals surface area contributed by atoms with Crippen LogP contribution >= 0.6 is 0 Å². The molecule has 0 radical (unpaired) electrons. The van der Waals surface area contributed by atoms with Crippen LogP contribution in [-0.2, 0) is 50.2 Å². The van der Waals surface area contributed by atoms with E-state index >= 15 is 0 Å². The largest absolute Gasteiger partial charge is 2.00 e. The SMILES string of the molecule is O.[Ag+].[Ag+].[O-2]. The van der Waals surface area contributed by atoms with E-state index < -0.39 is 0 Å². The van der Waals surface area contributed by atoms with Crippen LogP contribution in [0.15, 0.2) is 0 Å². The van der Waals surface area contributed by atoms with Crippen molar-refractivity contribution < 1.29 is 55.7 Å². The molecule has 4 heteroatoms. The first-order chi connectivity index (χ1) is 0. The van der Waals surface area contributed by atoms with Gasteiger partial charge in [-0.2, -0.15) is 0 Å². The van der Waals surface area contributed by atoms with E-state index in [1.165, 1.54) is 0 Å². The zero-order chi connectivity index (χ0) is 0. The van der Waals surface area contributed by atoms with Gasteiger partial charge < -0.3 is 11.0 Å². The van der Waals surface area contributed by atoms with Crippen LogP contribution in [0.25, 0.3) is 0 Å². The van der Waals surface area contributed by atoms with Crippen LogP contribution in [0.5, 0.6) is 0 Å². The van der Waals surface area contributed by atoms with Gasteiger partial charge in [0.05, 0.1) is 0 Å². The van der Waals surface area contributed by atoms with Gasteiger partial charge in [0.1, 0.15) is 0 Å². The van der Waals surface area contributed by atoms with Gasteiger partial charge in [-0.1, -0.05) is 0 Å². The first-order valence-electron chi connectivity index (χ1n) is 0. The Balaban J connectivity index is 0. The third kappa shape index (κ3) is 9.99. The minimum Gasteiger partial charge on any atom is -2.00 e. The Labute approximate surface area is 55.6 Å². The van der Waals surface area contributed by atoms with Crippen molar-refractivity contribution in [2.75, 3.05) is 0 Å². The van der Waals surface area contributed by atoms with Crippen molar-refractivity contribution >= 4 is 0 Å². The summed E-state index contributed by atoms with van der Waals surface area (Å²) in [6.07, 6.45) is 0. The molecule has 0 aromatic carbocycles. The Morgan fingerprint density at radius 1 is 0.750 bits per heavy atom. The number of hydrogen-bond donors (Lipinski definition) is 0. The van der Waals surface area contributed by atoms with E-state index in [9.17, 15) is 0 Å².